The molecular formula is C15H22S4. The molecule has 3 fully saturated rings. The highest BCUT2D eigenvalue weighted by atomic mass is 32.2. The molecule has 0 aromatic carbocycles. The average Bonchev–Trinajstić information content (AvgIpc) is 3.04. The van der Waals surface area contributed by atoms with Crippen LogP contribution in [0.25, 0.3) is 0 Å². The van der Waals surface area contributed by atoms with Crippen molar-refractivity contribution in [1.29, 1.82) is 0 Å². The summed E-state index contributed by atoms with van der Waals surface area (Å²) in [6, 6.07) is 0. The lowest BCUT2D eigenvalue weighted by Crippen LogP contribution is -2.47. The first-order valence-electron chi connectivity index (χ1n) is 7.46. The quantitative estimate of drug-likeness (QED) is 0.556. The van der Waals surface area contributed by atoms with Gasteiger partial charge < -0.3 is 0 Å². The fourth-order valence-electron chi connectivity index (χ4n) is 4.27. The molecule has 0 N–H and O–H groups in total. The monoisotopic (exact) mass is 330 g/mol. The van der Waals surface area contributed by atoms with Gasteiger partial charge in [-0.2, -0.15) is 0 Å². The van der Waals surface area contributed by atoms with E-state index >= 15 is 0 Å². The predicted molar refractivity (Wildman–Crippen MR) is 94.6 cm³/mol. The van der Waals surface area contributed by atoms with E-state index in [2.05, 4.69) is 60.0 Å². The van der Waals surface area contributed by atoms with Crippen molar-refractivity contribution in [3.63, 3.8) is 0 Å². The van der Waals surface area contributed by atoms with Crippen LogP contribution < -0.4 is 0 Å². The van der Waals surface area contributed by atoms with E-state index in [9.17, 15) is 0 Å². The SMILES string of the molecule is C[C@]12CCC3(C=C1CCCC21SCCS1)SCCS3. The Morgan fingerprint density at radius 2 is 1.58 bits per heavy atom. The lowest BCUT2D eigenvalue weighted by atomic mass is 9.65. The zero-order valence-corrected chi connectivity index (χ0v) is 14.8. The number of hydrogen-bond donors (Lipinski definition) is 0. The Bertz CT molecular complexity index is 404. The molecule has 19 heavy (non-hydrogen) atoms. The van der Waals surface area contributed by atoms with E-state index in [1.165, 1.54) is 55.1 Å². The van der Waals surface area contributed by atoms with Crippen molar-refractivity contribution in [2.24, 2.45) is 5.41 Å². The van der Waals surface area contributed by atoms with E-state index in [1.807, 2.05) is 5.57 Å². The Morgan fingerprint density at radius 1 is 0.895 bits per heavy atom. The van der Waals surface area contributed by atoms with Crippen LogP contribution in [-0.2, 0) is 0 Å². The summed E-state index contributed by atoms with van der Waals surface area (Å²) in [5.74, 6) is 5.48. The third-order valence-corrected chi connectivity index (χ3v) is 12.8. The molecule has 0 nitrogen and oxygen atoms in total. The van der Waals surface area contributed by atoms with Gasteiger partial charge in [0.1, 0.15) is 0 Å². The molecule has 0 radical (unpaired) electrons. The Hall–Kier alpha value is 1.14. The van der Waals surface area contributed by atoms with Gasteiger partial charge in [-0.05, 0) is 32.1 Å². The van der Waals surface area contributed by atoms with E-state index < -0.39 is 0 Å². The lowest BCUT2D eigenvalue weighted by molar-refractivity contribution is 0.253. The van der Waals surface area contributed by atoms with Gasteiger partial charge >= 0.3 is 0 Å². The van der Waals surface area contributed by atoms with Gasteiger partial charge in [-0.25, -0.2) is 0 Å². The minimum atomic E-state index is 0.474. The summed E-state index contributed by atoms with van der Waals surface area (Å²) >= 11 is 9.03. The number of fused-ring (bicyclic) bond motifs is 2. The van der Waals surface area contributed by atoms with Crippen LogP contribution in [0.5, 0.6) is 0 Å². The van der Waals surface area contributed by atoms with Gasteiger partial charge in [0.05, 0.1) is 8.16 Å². The first-order chi connectivity index (χ1) is 9.18. The molecule has 0 amide bonds. The van der Waals surface area contributed by atoms with Crippen LogP contribution in [0.15, 0.2) is 11.6 Å². The number of hydrogen-bond acceptors (Lipinski definition) is 4. The highest BCUT2D eigenvalue weighted by Gasteiger charge is 2.57. The molecule has 2 aliphatic heterocycles. The van der Waals surface area contributed by atoms with E-state index in [0.717, 1.165) is 0 Å². The Morgan fingerprint density at radius 3 is 2.32 bits per heavy atom. The lowest BCUT2D eigenvalue weighted by Gasteiger charge is -2.54. The average molecular weight is 331 g/mol. The fraction of sp³-hybridized carbons (Fsp3) is 0.867. The minimum Gasteiger partial charge on any atom is -0.142 e. The second-order valence-electron chi connectivity index (χ2n) is 6.31. The molecule has 4 aliphatic rings. The van der Waals surface area contributed by atoms with Gasteiger partial charge in [-0.1, -0.05) is 18.6 Å². The molecule has 2 spiro atoms. The maximum Gasteiger partial charge on any atom is 0.0795 e. The van der Waals surface area contributed by atoms with E-state index in [0.29, 0.717) is 13.6 Å². The zero-order valence-electron chi connectivity index (χ0n) is 11.6. The summed E-state index contributed by atoms with van der Waals surface area (Å²) < 4.78 is 1.01. The van der Waals surface area contributed by atoms with Gasteiger partial charge in [0.25, 0.3) is 0 Å². The van der Waals surface area contributed by atoms with Crippen LogP contribution in [0.1, 0.15) is 39.0 Å². The topological polar surface area (TPSA) is 0 Å². The predicted octanol–water partition coefficient (Wildman–Crippen LogP) is 5.25. The number of rotatable bonds is 0. The Labute approximate surface area is 134 Å². The summed E-state index contributed by atoms with van der Waals surface area (Å²) in [6.07, 6.45) is 9.82. The summed E-state index contributed by atoms with van der Waals surface area (Å²) in [6.45, 7) is 2.60. The van der Waals surface area contributed by atoms with Crippen molar-refractivity contribution in [3.8, 4) is 0 Å². The van der Waals surface area contributed by atoms with Crippen LogP contribution in [0.4, 0.5) is 0 Å². The van der Waals surface area contributed by atoms with Crippen LogP contribution in [0.2, 0.25) is 0 Å². The number of allylic oxidation sites excluding steroid dienone is 1. The van der Waals surface area contributed by atoms with Gasteiger partial charge in [0.15, 0.2) is 0 Å². The molecule has 4 rings (SSSR count). The van der Waals surface area contributed by atoms with Crippen molar-refractivity contribution in [1.82, 2.24) is 0 Å². The first-order valence-corrected chi connectivity index (χ1v) is 11.4. The van der Waals surface area contributed by atoms with Gasteiger partial charge in [-0.15, -0.1) is 47.0 Å². The molecule has 106 valence electrons. The minimum absolute atomic E-state index is 0.474. The number of thioether (sulfide) groups is 4. The Balaban J connectivity index is 1.73. The summed E-state index contributed by atoms with van der Waals surface area (Å²) in [5, 5.41) is 0. The molecule has 4 heteroatoms. The summed E-state index contributed by atoms with van der Waals surface area (Å²) in [7, 11) is 0. The summed E-state index contributed by atoms with van der Waals surface area (Å²) in [5.41, 5.74) is 2.32. The molecule has 0 unspecified atom stereocenters. The van der Waals surface area contributed by atoms with Gasteiger partial charge in [0, 0.05) is 28.4 Å². The molecule has 1 saturated carbocycles. The van der Waals surface area contributed by atoms with Gasteiger partial charge in [-0.3, -0.25) is 0 Å². The smallest absolute Gasteiger partial charge is 0.0795 e. The van der Waals surface area contributed by atoms with Crippen molar-refractivity contribution < 1.29 is 0 Å². The molecule has 2 heterocycles. The fourth-order valence-corrected chi connectivity index (χ4v) is 11.2. The first kappa shape index (κ1) is 13.8. The third kappa shape index (κ3) is 1.99. The zero-order chi connectivity index (χ0) is 13.0. The molecule has 0 aromatic heterocycles. The van der Waals surface area contributed by atoms with E-state index in [-0.39, 0.29) is 0 Å². The third-order valence-electron chi connectivity index (χ3n) is 5.40. The standard InChI is InChI=1S/C15H22S4/c1-13-5-6-14(16-7-8-17-14)11-12(13)3-2-4-15(13)18-9-10-19-15/h11H,2-10H2,1H3/t13-/m0/s1. The van der Waals surface area contributed by atoms with E-state index in [4.69, 9.17) is 0 Å². The molecule has 2 saturated heterocycles. The molecule has 0 bridgehead atoms. The second kappa shape index (κ2) is 4.82. The molecule has 2 aliphatic carbocycles. The maximum atomic E-state index is 2.74. The van der Waals surface area contributed by atoms with Crippen LogP contribution in [0, 0.1) is 5.41 Å². The molecule has 0 aromatic rings. The van der Waals surface area contributed by atoms with Crippen molar-refractivity contribution in [2.45, 2.75) is 47.2 Å². The van der Waals surface area contributed by atoms with Crippen molar-refractivity contribution in [2.75, 3.05) is 23.0 Å². The summed E-state index contributed by atoms with van der Waals surface area (Å²) in [4.78, 5) is 0. The highest BCUT2D eigenvalue weighted by molar-refractivity contribution is 8.22. The van der Waals surface area contributed by atoms with Crippen LogP contribution >= 0.6 is 47.0 Å². The Kier molecular flexibility index (Phi) is 3.50. The normalized spacial score (nSPS) is 39.5. The van der Waals surface area contributed by atoms with E-state index in [1.54, 1.807) is 0 Å². The molecular weight excluding hydrogens is 308 g/mol. The van der Waals surface area contributed by atoms with Crippen LogP contribution in [0.3, 0.4) is 0 Å². The van der Waals surface area contributed by atoms with Crippen LogP contribution in [-0.4, -0.2) is 31.2 Å². The maximum absolute atomic E-state index is 2.74. The van der Waals surface area contributed by atoms with Gasteiger partial charge in [0.2, 0.25) is 0 Å². The second-order valence-corrected chi connectivity index (χ2v) is 12.5. The van der Waals surface area contributed by atoms with Crippen molar-refractivity contribution in [3.05, 3.63) is 11.6 Å². The highest BCUT2D eigenvalue weighted by Crippen LogP contribution is 2.68. The largest absolute Gasteiger partial charge is 0.142 e. The molecule has 1 atom stereocenters. The van der Waals surface area contributed by atoms with Crippen molar-refractivity contribution >= 4 is 47.0 Å².